The van der Waals surface area contributed by atoms with Gasteiger partial charge in [-0.3, -0.25) is 0 Å². The lowest BCUT2D eigenvalue weighted by Crippen LogP contribution is -2.35. The molecule has 1 N–H and O–H groups in total. The summed E-state index contributed by atoms with van der Waals surface area (Å²) in [7, 11) is 0. The quantitative estimate of drug-likeness (QED) is 0.881. The summed E-state index contributed by atoms with van der Waals surface area (Å²) in [5, 5.41) is 10.8. The number of rotatable bonds is 3. The van der Waals surface area contributed by atoms with Crippen molar-refractivity contribution in [3.63, 3.8) is 0 Å². The number of benzene rings is 1. The van der Waals surface area contributed by atoms with Crippen molar-refractivity contribution in [3.05, 3.63) is 41.5 Å². The smallest absolute Gasteiger partial charge is 0.161 e. The molecule has 108 valence electrons. The normalized spacial score (nSPS) is 11.9. The van der Waals surface area contributed by atoms with Crippen molar-refractivity contribution in [3.8, 4) is 5.69 Å². The monoisotopic (exact) mass is 284 g/mol. The third-order valence-corrected chi connectivity index (χ3v) is 2.58. The topological polar surface area (TPSA) is 42.7 Å². The van der Waals surface area contributed by atoms with Gasteiger partial charge in [0, 0.05) is 24.2 Å². The molecule has 0 fully saturated rings. The summed E-state index contributed by atoms with van der Waals surface area (Å²) in [6.45, 7) is 6.42. The summed E-state index contributed by atoms with van der Waals surface area (Å²) in [5.41, 5.74) is 0.291. The van der Waals surface area contributed by atoms with Crippen molar-refractivity contribution in [2.45, 2.75) is 32.9 Å². The van der Waals surface area contributed by atoms with Gasteiger partial charge >= 0.3 is 0 Å². The van der Waals surface area contributed by atoms with Crippen LogP contribution in [0.3, 0.4) is 0 Å². The highest BCUT2D eigenvalue weighted by molar-refractivity contribution is 5.33. The van der Waals surface area contributed by atoms with Gasteiger partial charge in [0.2, 0.25) is 0 Å². The standard InChI is InChI=1S/C13H15F3N4/c1-13(2,3)17-6-8-7-20(19-18-8)12-5-10(15)9(14)4-11(12)16/h4-5,7,17H,6H2,1-3H3. The molecule has 2 aromatic rings. The lowest BCUT2D eigenvalue weighted by molar-refractivity contribution is 0.421. The summed E-state index contributed by atoms with van der Waals surface area (Å²) in [6.07, 6.45) is 1.47. The molecule has 2 rings (SSSR count). The summed E-state index contributed by atoms with van der Waals surface area (Å²) >= 11 is 0. The van der Waals surface area contributed by atoms with E-state index >= 15 is 0 Å². The van der Waals surface area contributed by atoms with E-state index in [-0.39, 0.29) is 11.2 Å². The Hall–Kier alpha value is -1.89. The number of hydrogen-bond donors (Lipinski definition) is 1. The molecule has 0 aliphatic carbocycles. The van der Waals surface area contributed by atoms with Crippen LogP contribution in [0.25, 0.3) is 5.69 Å². The molecule has 0 radical (unpaired) electrons. The average molecular weight is 284 g/mol. The Morgan fingerprint density at radius 3 is 2.40 bits per heavy atom. The zero-order valence-corrected chi connectivity index (χ0v) is 11.4. The van der Waals surface area contributed by atoms with E-state index < -0.39 is 17.5 Å². The Kier molecular flexibility index (Phi) is 3.80. The van der Waals surface area contributed by atoms with Gasteiger partial charge in [-0.2, -0.15) is 0 Å². The van der Waals surface area contributed by atoms with E-state index in [0.29, 0.717) is 18.3 Å². The first-order valence-electron chi connectivity index (χ1n) is 6.07. The van der Waals surface area contributed by atoms with E-state index in [0.717, 1.165) is 10.7 Å². The molecule has 0 bridgehead atoms. The molecule has 1 aromatic carbocycles. The van der Waals surface area contributed by atoms with E-state index in [1.165, 1.54) is 6.20 Å². The highest BCUT2D eigenvalue weighted by Gasteiger charge is 2.14. The highest BCUT2D eigenvalue weighted by Crippen LogP contribution is 2.17. The number of aromatic nitrogens is 3. The van der Waals surface area contributed by atoms with Gasteiger partial charge in [-0.05, 0) is 20.8 Å². The van der Waals surface area contributed by atoms with Crippen molar-refractivity contribution >= 4 is 0 Å². The van der Waals surface area contributed by atoms with Gasteiger partial charge in [0.05, 0.1) is 11.9 Å². The fourth-order valence-electron chi connectivity index (χ4n) is 1.54. The molecule has 0 saturated heterocycles. The van der Waals surface area contributed by atoms with Crippen LogP contribution in [-0.2, 0) is 6.54 Å². The molecular weight excluding hydrogens is 269 g/mol. The van der Waals surface area contributed by atoms with Crippen molar-refractivity contribution in [2.24, 2.45) is 0 Å². The van der Waals surface area contributed by atoms with Crippen LogP contribution in [-0.4, -0.2) is 20.5 Å². The lowest BCUT2D eigenvalue weighted by atomic mass is 10.1. The Bertz CT molecular complexity index is 617. The van der Waals surface area contributed by atoms with E-state index in [2.05, 4.69) is 15.6 Å². The van der Waals surface area contributed by atoms with Gasteiger partial charge in [0.15, 0.2) is 17.5 Å². The molecule has 4 nitrogen and oxygen atoms in total. The SMILES string of the molecule is CC(C)(C)NCc1cn(-c2cc(F)c(F)cc2F)nn1. The number of halogens is 3. The van der Waals surface area contributed by atoms with Gasteiger partial charge in [-0.25, -0.2) is 17.9 Å². The molecule has 0 aliphatic rings. The Morgan fingerprint density at radius 1 is 1.10 bits per heavy atom. The third kappa shape index (κ3) is 3.36. The van der Waals surface area contributed by atoms with Crippen LogP contribution in [0.1, 0.15) is 26.5 Å². The summed E-state index contributed by atoms with van der Waals surface area (Å²) in [6, 6.07) is 1.24. The predicted octanol–water partition coefficient (Wildman–Crippen LogP) is 2.57. The van der Waals surface area contributed by atoms with Crippen molar-refractivity contribution in [1.29, 1.82) is 0 Å². The van der Waals surface area contributed by atoms with Crippen molar-refractivity contribution < 1.29 is 13.2 Å². The van der Waals surface area contributed by atoms with Crippen LogP contribution >= 0.6 is 0 Å². The predicted molar refractivity (Wildman–Crippen MR) is 67.8 cm³/mol. The van der Waals surface area contributed by atoms with Gasteiger partial charge < -0.3 is 5.32 Å². The summed E-state index contributed by atoms with van der Waals surface area (Å²) < 4.78 is 40.7. The molecule has 20 heavy (non-hydrogen) atoms. The Balaban J connectivity index is 2.23. The zero-order valence-electron chi connectivity index (χ0n) is 11.4. The van der Waals surface area contributed by atoms with Gasteiger partial charge in [0.25, 0.3) is 0 Å². The van der Waals surface area contributed by atoms with Gasteiger partial charge in [0.1, 0.15) is 5.69 Å². The first-order valence-corrected chi connectivity index (χ1v) is 6.07. The van der Waals surface area contributed by atoms with E-state index in [1.807, 2.05) is 20.8 Å². The number of nitrogens with one attached hydrogen (secondary N) is 1. The molecule has 0 spiro atoms. The second-order valence-corrected chi connectivity index (χ2v) is 5.48. The van der Waals surface area contributed by atoms with Crippen LogP contribution < -0.4 is 5.32 Å². The third-order valence-electron chi connectivity index (χ3n) is 2.58. The molecule has 0 aliphatic heterocycles. The van der Waals surface area contributed by atoms with Crippen LogP contribution in [0.2, 0.25) is 0 Å². The fourth-order valence-corrected chi connectivity index (χ4v) is 1.54. The minimum Gasteiger partial charge on any atom is -0.306 e. The number of nitrogens with zero attached hydrogens (tertiary/aromatic N) is 3. The second kappa shape index (κ2) is 5.24. The molecule has 0 saturated carbocycles. The maximum absolute atomic E-state index is 13.6. The first kappa shape index (κ1) is 14.5. The number of hydrogen-bond acceptors (Lipinski definition) is 3. The zero-order chi connectivity index (χ0) is 14.9. The second-order valence-electron chi connectivity index (χ2n) is 5.48. The average Bonchev–Trinajstić information content (AvgIpc) is 2.79. The summed E-state index contributed by atoms with van der Waals surface area (Å²) in [4.78, 5) is 0. The summed E-state index contributed by atoms with van der Waals surface area (Å²) in [5.74, 6) is -3.27. The molecule has 0 atom stereocenters. The van der Waals surface area contributed by atoms with E-state index in [4.69, 9.17) is 0 Å². The fraction of sp³-hybridized carbons (Fsp3) is 0.385. The largest absolute Gasteiger partial charge is 0.306 e. The lowest BCUT2D eigenvalue weighted by Gasteiger charge is -2.19. The minimum atomic E-state index is -1.24. The van der Waals surface area contributed by atoms with Crippen molar-refractivity contribution in [1.82, 2.24) is 20.3 Å². The molecule has 7 heteroatoms. The van der Waals surface area contributed by atoms with Crippen molar-refractivity contribution in [2.75, 3.05) is 0 Å². The minimum absolute atomic E-state index is 0.100. The van der Waals surface area contributed by atoms with Crippen LogP contribution in [0.15, 0.2) is 18.3 Å². The Morgan fingerprint density at radius 2 is 1.75 bits per heavy atom. The van der Waals surface area contributed by atoms with E-state index in [9.17, 15) is 13.2 Å². The Labute approximate surface area is 114 Å². The molecule has 1 heterocycles. The molecule has 0 amide bonds. The van der Waals surface area contributed by atoms with Crippen LogP contribution in [0.5, 0.6) is 0 Å². The molecular formula is C13H15F3N4. The maximum Gasteiger partial charge on any atom is 0.161 e. The van der Waals surface area contributed by atoms with Crippen LogP contribution in [0.4, 0.5) is 13.2 Å². The molecule has 1 aromatic heterocycles. The van der Waals surface area contributed by atoms with Crippen LogP contribution in [0, 0.1) is 17.5 Å². The van der Waals surface area contributed by atoms with Gasteiger partial charge in [-0.1, -0.05) is 5.21 Å². The first-order chi connectivity index (χ1) is 9.26. The van der Waals surface area contributed by atoms with Gasteiger partial charge in [-0.15, -0.1) is 5.10 Å². The molecule has 0 unspecified atom stereocenters. The highest BCUT2D eigenvalue weighted by atomic mass is 19.2. The van der Waals surface area contributed by atoms with E-state index in [1.54, 1.807) is 0 Å². The maximum atomic E-state index is 13.6.